The lowest BCUT2D eigenvalue weighted by atomic mass is 10.8. The molecule has 0 aliphatic heterocycles. The quantitative estimate of drug-likeness (QED) is 0.420. The fourth-order valence-electron chi connectivity index (χ4n) is 0.696. The lowest BCUT2D eigenvalue weighted by molar-refractivity contribution is 0.161. The zero-order valence-corrected chi connectivity index (χ0v) is 7.83. The molecule has 0 aromatic rings. The normalized spacial score (nSPS) is 9.80. The van der Waals surface area contributed by atoms with Crippen molar-refractivity contribution in [3.8, 4) is 0 Å². The molecule has 0 spiro atoms. The molecule has 0 fully saturated rings. The maximum atomic E-state index is 5.21. The van der Waals surface area contributed by atoms with E-state index >= 15 is 0 Å². The number of hydrogen-bond donors (Lipinski definition) is 0. The Morgan fingerprint density at radius 1 is 1.40 bits per heavy atom. The van der Waals surface area contributed by atoms with Crippen molar-refractivity contribution in [1.29, 1.82) is 0 Å². The molecule has 0 heterocycles. The van der Waals surface area contributed by atoms with E-state index in [-0.39, 0.29) is 0 Å². The van der Waals surface area contributed by atoms with Crippen molar-refractivity contribution in [3.05, 3.63) is 24.6 Å². The zero-order chi connectivity index (χ0) is 7.82. The Morgan fingerprint density at radius 2 is 2.00 bits per heavy atom. The summed E-state index contributed by atoms with van der Waals surface area (Å²) in [5, 5.41) is 0. The Labute approximate surface area is 65.0 Å². The summed E-state index contributed by atoms with van der Waals surface area (Å²) in [6, 6.07) is 1.14. The first-order valence-electron chi connectivity index (χ1n) is 3.68. The van der Waals surface area contributed by atoms with Gasteiger partial charge in [-0.25, -0.2) is 0 Å². The molecule has 0 aliphatic rings. The fraction of sp³-hybridized carbons (Fsp3) is 0.500. The second kappa shape index (κ2) is 6.77. The van der Waals surface area contributed by atoms with Crippen molar-refractivity contribution in [2.45, 2.75) is 13.0 Å². The van der Waals surface area contributed by atoms with Crippen LogP contribution in [0.3, 0.4) is 0 Å². The average Bonchev–Trinajstić information content (AvgIpc) is 1.99. The largest absolute Gasteiger partial charge is 0.382 e. The SMILES string of the molecule is C=C[SiH](C=C)CCOCC. The van der Waals surface area contributed by atoms with Crippen molar-refractivity contribution in [2.75, 3.05) is 13.2 Å². The molecule has 0 radical (unpaired) electrons. The van der Waals surface area contributed by atoms with Crippen LogP contribution in [0, 0.1) is 0 Å². The van der Waals surface area contributed by atoms with Gasteiger partial charge in [0.15, 0.2) is 0 Å². The number of ether oxygens (including phenoxy) is 1. The first-order valence-corrected chi connectivity index (χ1v) is 5.83. The van der Waals surface area contributed by atoms with Crippen LogP contribution in [0.1, 0.15) is 6.92 Å². The van der Waals surface area contributed by atoms with Crippen LogP contribution in [-0.2, 0) is 4.74 Å². The van der Waals surface area contributed by atoms with Crippen molar-refractivity contribution >= 4 is 8.80 Å². The third-order valence-corrected chi connectivity index (χ3v) is 3.52. The molecule has 0 unspecified atom stereocenters. The van der Waals surface area contributed by atoms with Gasteiger partial charge in [0.05, 0.1) is 8.80 Å². The molecule has 10 heavy (non-hydrogen) atoms. The summed E-state index contributed by atoms with van der Waals surface area (Å²) < 4.78 is 5.21. The van der Waals surface area contributed by atoms with Gasteiger partial charge in [-0.2, -0.15) is 0 Å². The average molecular weight is 156 g/mol. The van der Waals surface area contributed by atoms with Crippen molar-refractivity contribution in [3.63, 3.8) is 0 Å². The van der Waals surface area contributed by atoms with Gasteiger partial charge in [-0.05, 0) is 13.0 Å². The van der Waals surface area contributed by atoms with Gasteiger partial charge >= 0.3 is 0 Å². The van der Waals surface area contributed by atoms with E-state index in [1.54, 1.807) is 0 Å². The van der Waals surface area contributed by atoms with E-state index in [9.17, 15) is 0 Å². The predicted molar refractivity (Wildman–Crippen MR) is 48.8 cm³/mol. The molecule has 58 valence electrons. The zero-order valence-electron chi connectivity index (χ0n) is 6.68. The minimum Gasteiger partial charge on any atom is -0.382 e. The number of rotatable bonds is 6. The van der Waals surface area contributed by atoms with E-state index in [1.165, 1.54) is 0 Å². The van der Waals surface area contributed by atoms with Gasteiger partial charge in [-0.15, -0.1) is 24.6 Å². The molecule has 0 saturated carbocycles. The molecule has 2 heteroatoms. The third-order valence-electron chi connectivity index (χ3n) is 1.41. The van der Waals surface area contributed by atoms with E-state index in [0.29, 0.717) is 0 Å². The van der Waals surface area contributed by atoms with Crippen LogP contribution >= 0.6 is 0 Å². The smallest absolute Gasteiger partial charge is 0.0860 e. The summed E-state index contributed by atoms with van der Waals surface area (Å²) in [5.74, 6) is 0. The Morgan fingerprint density at radius 3 is 2.40 bits per heavy atom. The minimum atomic E-state index is -0.821. The molecule has 0 saturated heterocycles. The van der Waals surface area contributed by atoms with Gasteiger partial charge in [0.1, 0.15) is 0 Å². The highest BCUT2D eigenvalue weighted by molar-refractivity contribution is 6.69. The Balaban J connectivity index is 3.25. The molecule has 0 N–H and O–H groups in total. The highest BCUT2D eigenvalue weighted by Gasteiger charge is 1.98. The van der Waals surface area contributed by atoms with Crippen molar-refractivity contribution in [1.82, 2.24) is 0 Å². The summed E-state index contributed by atoms with van der Waals surface area (Å²) in [7, 11) is -0.821. The third kappa shape index (κ3) is 4.53. The molecule has 0 aliphatic carbocycles. The molecule has 0 bridgehead atoms. The van der Waals surface area contributed by atoms with Crippen LogP contribution in [0.4, 0.5) is 0 Å². The maximum Gasteiger partial charge on any atom is 0.0860 e. The topological polar surface area (TPSA) is 9.23 Å². The van der Waals surface area contributed by atoms with Crippen LogP contribution in [0.2, 0.25) is 6.04 Å². The highest BCUT2D eigenvalue weighted by Crippen LogP contribution is 1.94. The highest BCUT2D eigenvalue weighted by atomic mass is 28.3. The van der Waals surface area contributed by atoms with Crippen LogP contribution in [0.15, 0.2) is 24.6 Å². The Bertz CT molecular complexity index is 93.4. The van der Waals surface area contributed by atoms with E-state index in [4.69, 9.17) is 4.74 Å². The van der Waals surface area contributed by atoms with E-state index in [0.717, 1.165) is 19.3 Å². The lowest BCUT2D eigenvalue weighted by Crippen LogP contribution is -2.08. The second-order valence-electron chi connectivity index (χ2n) is 2.12. The van der Waals surface area contributed by atoms with Crippen molar-refractivity contribution in [2.24, 2.45) is 0 Å². The van der Waals surface area contributed by atoms with Gasteiger partial charge in [0.2, 0.25) is 0 Å². The van der Waals surface area contributed by atoms with Crippen LogP contribution < -0.4 is 0 Å². The van der Waals surface area contributed by atoms with Crippen molar-refractivity contribution < 1.29 is 4.74 Å². The van der Waals surface area contributed by atoms with Crippen LogP contribution in [0.25, 0.3) is 0 Å². The van der Waals surface area contributed by atoms with Gasteiger partial charge in [0.25, 0.3) is 0 Å². The Hall–Kier alpha value is -0.343. The first-order chi connectivity index (χ1) is 4.85. The molecule has 0 atom stereocenters. The molecule has 0 amide bonds. The first kappa shape index (κ1) is 9.66. The van der Waals surface area contributed by atoms with Crippen LogP contribution in [0.5, 0.6) is 0 Å². The summed E-state index contributed by atoms with van der Waals surface area (Å²) in [4.78, 5) is 0. The van der Waals surface area contributed by atoms with Gasteiger partial charge in [-0.1, -0.05) is 0 Å². The second-order valence-corrected chi connectivity index (χ2v) is 4.97. The van der Waals surface area contributed by atoms with E-state index < -0.39 is 8.80 Å². The van der Waals surface area contributed by atoms with Gasteiger partial charge in [0, 0.05) is 13.2 Å². The standard InChI is InChI=1S/C8H16OSi/c1-4-9-7-8-10(5-2)6-3/h5-6,10H,2-4,7-8H2,1H3. The number of hydrogen-bond acceptors (Lipinski definition) is 1. The summed E-state index contributed by atoms with van der Waals surface area (Å²) >= 11 is 0. The van der Waals surface area contributed by atoms with E-state index in [1.807, 2.05) is 18.3 Å². The molecule has 0 rings (SSSR count). The lowest BCUT2D eigenvalue weighted by Gasteiger charge is -2.03. The van der Waals surface area contributed by atoms with Gasteiger partial charge < -0.3 is 4.74 Å². The molecular formula is C8H16OSi. The van der Waals surface area contributed by atoms with E-state index in [2.05, 4.69) is 13.2 Å². The summed E-state index contributed by atoms with van der Waals surface area (Å²) in [6.07, 6.45) is 0. The van der Waals surface area contributed by atoms with Gasteiger partial charge in [-0.3, -0.25) is 0 Å². The summed E-state index contributed by atoms with van der Waals surface area (Å²) in [5.41, 5.74) is 4.07. The molecule has 0 aromatic carbocycles. The maximum absolute atomic E-state index is 5.21. The predicted octanol–water partition coefficient (Wildman–Crippen LogP) is 1.70. The molecule has 1 nitrogen and oxygen atoms in total. The Kier molecular flexibility index (Phi) is 6.54. The minimum absolute atomic E-state index is 0.815. The molecular weight excluding hydrogens is 140 g/mol. The monoisotopic (exact) mass is 156 g/mol. The molecule has 0 aromatic heterocycles. The fourth-order valence-corrected chi connectivity index (χ4v) is 1.80. The summed E-state index contributed by atoms with van der Waals surface area (Å²) in [6.45, 7) is 11.2. The van der Waals surface area contributed by atoms with Crippen LogP contribution in [-0.4, -0.2) is 22.0 Å².